The van der Waals surface area contributed by atoms with Crippen molar-refractivity contribution in [2.24, 2.45) is 0 Å². The molecule has 162 valence electrons. The number of carbonyl (C=O) groups excluding carboxylic acids is 1. The van der Waals surface area contributed by atoms with Crippen molar-refractivity contribution in [3.8, 4) is 17.2 Å². The maximum Gasteiger partial charge on any atom is 0.262 e. The number of amides is 1. The smallest absolute Gasteiger partial charge is 0.262 e. The number of carbonyl (C=O) groups is 1. The van der Waals surface area contributed by atoms with Gasteiger partial charge in [0.25, 0.3) is 5.91 Å². The van der Waals surface area contributed by atoms with Gasteiger partial charge in [0.05, 0.1) is 19.4 Å². The van der Waals surface area contributed by atoms with Crippen molar-refractivity contribution < 1.29 is 19.0 Å². The van der Waals surface area contributed by atoms with Gasteiger partial charge in [-0.05, 0) is 48.9 Å². The Labute approximate surface area is 182 Å². The van der Waals surface area contributed by atoms with Gasteiger partial charge >= 0.3 is 0 Å². The monoisotopic (exact) mass is 421 g/mol. The first-order valence-electron chi connectivity index (χ1n) is 10.0. The van der Waals surface area contributed by atoms with E-state index in [1.165, 1.54) is 0 Å². The molecule has 0 saturated heterocycles. The Balaban J connectivity index is 1.56. The molecule has 0 radical (unpaired) electrons. The first-order chi connectivity index (χ1) is 15.2. The molecule has 0 heterocycles. The van der Waals surface area contributed by atoms with Crippen LogP contribution in [0.4, 0.5) is 11.4 Å². The number of hydrazine groups is 1. The molecule has 0 aliphatic rings. The van der Waals surface area contributed by atoms with Gasteiger partial charge < -0.3 is 25.0 Å². The van der Waals surface area contributed by atoms with Crippen LogP contribution in [0.5, 0.6) is 17.2 Å². The molecule has 7 heteroatoms. The second kappa shape index (κ2) is 11.5. The van der Waals surface area contributed by atoms with Crippen LogP contribution in [0.2, 0.25) is 0 Å². The summed E-state index contributed by atoms with van der Waals surface area (Å²) < 4.78 is 16.7. The molecule has 3 aromatic carbocycles. The van der Waals surface area contributed by atoms with E-state index in [-0.39, 0.29) is 12.5 Å². The number of methoxy groups -OCH3 is 1. The van der Waals surface area contributed by atoms with Crippen LogP contribution in [0.15, 0.2) is 72.8 Å². The van der Waals surface area contributed by atoms with Crippen LogP contribution in [-0.4, -0.2) is 26.2 Å². The maximum atomic E-state index is 12.3. The molecule has 0 fully saturated rings. The third-order valence-electron chi connectivity index (χ3n) is 4.35. The second-order valence-electron chi connectivity index (χ2n) is 6.60. The summed E-state index contributed by atoms with van der Waals surface area (Å²) in [5, 5.41) is 2.79. The van der Waals surface area contributed by atoms with Crippen LogP contribution in [0.3, 0.4) is 0 Å². The van der Waals surface area contributed by atoms with Crippen LogP contribution in [0.25, 0.3) is 0 Å². The van der Waals surface area contributed by atoms with E-state index in [1.54, 1.807) is 25.3 Å². The van der Waals surface area contributed by atoms with Crippen molar-refractivity contribution in [1.29, 1.82) is 0 Å². The highest BCUT2D eigenvalue weighted by Crippen LogP contribution is 2.29. The third kappa shape index (κ3) is 6.65. The minimum absolute atomic E-state index is 0.148. The highest BCUT2D eigenvalue weighted by molar-refractivity contribution is 5.93. The van der Waals surface area contributed by atoms with Crippen LogP contribution in [-0.2, 0) is 11.3 Å². The number of benzene rings is 3. The molecular formula is C24H27N3O4. The SMILES string of the molecule is CCOc1cc(CNNc2ccccc2)ccc1OCC(=O)Nc1ccccc1OC. The molecule has 31 heavy (non-hydrogen) atoms. The Kier molecular flexibility index (Phi) is 8.13. The van der Waals surface area contributed by atoms with Crippen LogP contribution >= 0.6 is 0 Å². The summed E-state index contributed by atoms with van der Waals surface area (Å²) in [6.45, 7) is 2.83. The fourth-order valence-corrected chi connectivity index (χ4v) is 2.90. The Morgan fingerprint density at radius 2 is 1.65 bits per heavy atom. The van der Waals surface area contributed by atoms with Gasteiger partial charge in [-0.2, -0.15) is 0 Å². The van der Waals surface area contributed by atoms with E-state index < -0.39 is 0 Å². The summed E-state index contributed by atoms with van der Waals surface area (Å²) in [4.78, 5) is 12.3. The van der Waals surface area contributed by atoms with E-state index in [0.29, 0.717) is 36.1 Å². The summed E-state index contributed by atoms with van der Waals surface area (Å²) >= 11 is 0. The van der Waals surface area contributed by atoms with Gasteiger partial charge in [-0.25, -0.2) is 5.43 Å². The number of nitrogens with one attached hydrogen (secondary N) is 3. The highest BCUT2D eigenvalue weighted by Gasteiger charge is 2.11. The zero-order valence-electron chi connectivity index (χ0n) is 17.7. The molecule has 0 unspecified atom stereocenters. The molecule has 0 aromatic heterocycles. The van der Waals surface area contributed by atoms with Crippen molar-refractivity contribution in [2.45, 2.75) is 13.5 Å². The second-order valence-corrected chi connectivity index (χ2v) is 6.60. The number of para-hydroxylation sites is 3. The minimum atomic E-state index is -0.287. The predicted octanol–water partition coefficient (Wildman–Crippen LogP) is 4.23. The Bertz CT molecular complexity index is 980. The van der Waals surface area contributed by atoms with Crippen LogP contribution in [0, 0.1) is 0 Å². The standard InChI is InChI=1S/C24H27N3O4/c1-3-30-23-15-18(16-25-27-19-9-5-4-6-10-19)13-14-22(23)31-17-24(28)26-20-11-7-8-12-21(20)29-2/h4-15,25,27H,3,16-17H2,1-2H3,(H,26,28). The zero-order chi connectivity index (χ0) is 21.9. The maximum absolute atomic E-state index is 12.3. The van der Waals surface area contributed by atoms with E-state index >= 15 is 0 Å². The number of ether oxygens (including phenoxy) is 3. The number of hydrogen-bond acceptors (Lipinski definition) is 6. The molecule has 1 amide bonds. The topological polar surface area (TPSA) is 80.8 Å². The average Bonchev–Trinajstić information content (AvgIpc) is 2.80. The molecule has 0 saturated carbocycles. The summed E-state index contributed by atoms with van der Waals surface area (Å²) in [5.74, 6) is 1.40. The first-order valence-corrected chi connectivity index (χ1v) is 10.0. The molecule has 0 aliphatic carbocycles. The van der Waals surface area contributed by atoms with E-state index in [0.717, 1.165) is 11.3 Å². The molecule has 3 rings (SSSR count). The lowest BCUT2D eigenvalue weighted by molar-refractivity contribution is -0.118. The average molecular weight is 421 g/mol. The van der Waals surface area contributed by atoms with Gasteiger partial charge in [-0.15, -0.1) is 0 Å². The van der Waals surface area contributed by atoms with Crippen molar-refractivity contribution in [3.63, 3.8) is 0 Å². The van der Waals surface area contributed by atoms with Crippen molar-refractivity contribution in [1.82, 2.24) is 5.43 Å². The Morgan fingerprint density at radius 1 is 0.871 bits per heavy atom. The largest absolute Gasteiger partial charge is 0.495 e. The van der Waals surface area contributed by atoms with Crippen molar-refractivity contribution in [3.05, 3.63) is 78.4 Å². The van der Waals surface area contributed by atoms with Gasteiger partial charge in [0.1, 0.15) is 5.75 Å². The van der Waals surface area contributed by atoms with E-state index in [1.807, 2.05) is 61.5 Å². The summed E-state index contributed by atoms with van der Waals surface area (Å²) in [7, 11) is 1.56. The molecule has 0 bridgehead atoms. The van der Waals surface area contributed by atoms with Gasteiger partial charge in [0.15, 0.2) is 18.1 Å². The predicted molar refractivity (Wildman–Crippen MR) is 122 cm³/mol. The lowest BCUT2D eigenvalue weighted by Gasteiger charge is -2.15. The van der Waals surface area contributed by atoms with Gasteiger partial charge in [-0.3, -0.25) is 4.79 Å². The van der Waals surface area contributed by atoms with Crippen molar-refractivity contribution >= 4 is 17.3 Å². The molecule has 0 aliphatic heterocycles. The molecule has 3 N–H and O–H groups in total. The lowest BCUT2D eigenvalue weighted by Crippen LogP contribution is -2.21. The molecule has 7 nitrogen and oxygen atoms in total. The Hall–Kier alpha value is -3.71. The van der Waals surface area contributed by atoms with E-state index in [4.69, 9.17) is 14.2 Å². The molecule has 0 spiro atoms. The zero-order valence-corrected chi connectivity index (χ0v) is 17.7. The summed E-state index contributed by atoms with van der Waals surface area (Å²) in [6, 6.07) is 22.7. The fourth-order valence-electron chi connectivity index (χ4n) is 2.90. The minimum Gasteiger partial charge on any atom is -0.495 e. The molecular weight excluding hydrogens is 394 g/mol. The van der Waals surface area contributed by atoms with Crippen molar-refractivity contribution in [2.75, 3.05) is 31.1 Å². The highest BCUT2D eigenvalue weighted by atomic mass is 16.5. The molecule has 0 atom stereocenters. The Morgan fingerprint density at radius 3 is 2.42 bits per heavy atom. The number of rotatable bonds is 11. The van der Waals surface area contributed by atoms with Gasteiger partial charge in [0, 0.05) is 12.2 Å². The molecule has 3 aromatic rings. The van der Waals surface area contributed by atoms with Gasteiger partial charge in [-0.1, -0.05) is 36.4 Å². The third-order valence-corrected chi connectivity index (χ3v) is 4.35. The van der Waals surface area contributed by atoms with E-state index in [2.05, 4.69) is 16.2 Å². The summed E-state index contributed by atoms with van der Waals surface area (Å²) in [6.07, 6.45) is 0. The quantitative estimate of drug-likeness (QED) is 0.402. The lowest BCUT2D eigenvalue weighted by atomic mass is 10.2. The number of anilines is 2. The fraction of sp³-hybridized carbons (Fsp3) is 0.208. The van der Waals surface area contributed by atoms with Gasteiger partial charge in [0.2, 0.25) is 0 Å². The normalized spacial score (nSPS) is 10.3. The first kappa shape index (κ1) is 22.0. The van der Waals surface area contributed by atoms with E-state index in [9.17, 15) is 4.79 Å². The summed E-state index contributed by atoms with van der Waals surface area (Å²) in [5.41, 5.74) is 8.90. The van der Waals surface area contributed by atoms with Crippen LogP contribution < -0.4 is 30.4 Å². The number of hydrogen-bond donors (Lipinski definition) is 3. The van der Waals surface area contributed by atoms with Crippen LogP contribution in [0.1, 0.15) is 12.5 Å².